The average molecular weight is 290 g/mol. The Bertz CT molecular complexity index is 368. The zero-order chi connectivity index (χ0) is 9.64. The summed E-state index contributed by atoms with van der Waals surface area (Å²) in [6.45, 7) is 4.90. The SMILES string of the molecule is CC1(C)Cn2cc(I)cc2C(=O)N1. The number of nitrogens with zero attached hydrogens (tertiary/aromatic N) is 1. The Morgan fingerprint density at radius 2 is 2.31 bits per heavy atom. The van der Waals surface area contributed by atoms with Crippen LogP contribution >= 0.6 is 22.6 Å². The Hall–Kier alpha value is -0.520. The maximum absolute atomic E-state index is 11.6. The van der Waals surface area contributed by atoms with Crippen molar-refractivity contribution in [1.82, 2.24) is 9.88 Å². The van der Waals surface area contributed by atoms with Gasteiger partial charge in [0.25, 0.3) is 5.91 Å². The molecule has 0 spiro atoms. The van der Waals surface area contributed by atoms with Gasteiger partial charge in [-0.25, -0.2) is 0 Å². The molecule has 4 heteroatoms. The molecule has 13 heavy (non-hydrogen) atoms. The van der Waals surface area contributed by atoms with Crippen molar-refractivity contribution in [2.45, 2.75) is 25.9 Å². The second-order valence-corrected chi connectivity index (χ2v) is 5.26. The minimum Gasteiger partial charge on any atom is -0.344 e. The Morgan fingerprint density at radius 1 is 1.62 bits per heavy atom. The first-order valence-electron chi connectivity index (χ1n) is 4.16. The van der Waals surface area contributed by atoms with Crippen LogP contribution in [0.25, 0.3) is 0 Å². The molecule has 0 aliphatic carbocycles. The van der Waals surface area contributed by atoms with Gasteiger partial charge in [0.1, 0.15) is 5.69 Å². The molecule has 1 amide bonds. The molecular formula is C9H11IN2O. The molecule has 1 aliphatic heterocycles. The van der Waals surface area contributed by atoms with Crippen molar-refractivity contribution in [2.75, 3.05) is 0 Å². The lowest BCUT2D eigenvalue weighted by atomic mass is 10.0. The van der Waals surface area contributed by atoms with Gasteiger partial charge in [0, 0.05) is 16.3 Å². The number of carbonyl (C=O) groups excluding carboxylic acids is 1. The van der Waals surface area contributed by atoms with Crippen molar-refractivity contribution in [3.8, 4) is 0 Å². The van der Waals surface area contributed by atoms with Gasteiger partial charge in [0.2, 0.25) is 0 Å². The lowest BCUT2D eigenvalue weighted by Gasteiger charge is -2.32. The van der Waals surface area contributed by atoms with Crippen molar-refractivity contribution in [2.24, 2.45) is 0 Å². The van der Waals surface area contributed by atoms with Crippen LogP contribution in [0.15, 0.2) is 12.3 Å². The number of carbonyl (C=O) groups is 1. The third kappa shape index (κ3) is 1.59. The van der Waals surface area contributed by atoms with Crippen molar-refractivity contribution in [3.63, 3.8) is 0 Å². The molecule has 2 rings (SSSR count). The summed E-state index contributed by atoms with van der Waals surface area (Å²) in [5.74, 6) is 0.0270. The van der Waals surface area contributed by atoms with Crippen molar-refractivity contribution < 1.29 is 4.79 Å². The van der Waals surface area contributed by atoms with E-state index in [-0.39, 0.29) is 11.4 Å². The van der Waals surface area contributed by atoms with Crippen molar-refractivity contribution >= 4 is 28.5 Å². The molecule has 1 aromatic heterocycles. The van der Waals surface area contributed by atoms with Gasteiger partial charge in [-0.15, -0.1) is 0 Å². The summed E-state index contributed by atoms with van der Waals surface area (Å²) in [6, 6.07) is 1.91. The van der Waals surface area contributed by atoms with Gasteiger partial charge >= 0.3 is 0 Å². The summed E-state index contributed by atoms with van der Waals surface area (Å²) >= 11 is 2.22. The molecule has 70 valence electrons. The summed E-state index contributed by atoms with van der Waals surface area (Å²) in [5.41, 5.74) is 0.635. The quantitative estimate of drug-likeness (QED) is 0.724. The third-order valence-corrected chi connectivity index (χ3v) is 2.70. The second-order valence-electron chi connectivity index (χ2n) is 4.01. The predicted molar refractivity (Wildman–Crippen MR) is 58.7 cm³/mol. The molecule has 0 aromatic carbocycles. The number of halogens is 1. The third-order valence-electron chi connectivity index (χ3n) is 2.11. The molecule has 0 atom stereocenters. The van der Waals surface area contributed by atoms with E-state index in [1.165, 1.54) is 0 Å². The fourth-order valence-corrected chi connectivity index (χ4v) is 2.26. The largest absolute Gasteiger partial charge is 0.344 e. The smallest absolute Gasteiger partial charge is 0.268 e. The van der Waals surface area contributed by atoms with Crippen LogP contribution in [0.4, 0.5) is 0 Å². The monoisotopic (exact) mass is 290 g/mol. The lowest BCUT2D eigenvalue weighted by molar-refractivity contribution is 0.0862. The van der Waals surface area contributed by atoms with Gasteiger partial charge in [-0.1, -0.05) is 0 Å². The number of amides is 1. The van der Waals surface area contributed by atoms with E-state index in [9.17, 15) is 4.79 Å². The predicted octanol–water partition coefficient (Wildman–Crippen LogP) is 1.61. The minimum absolute atomic E-state index is 0.0270. The highest BCUT2D eigenvalue weighted by Gasteiger charge is 2.29. The highest BCUT2D eigenvalue weighted by Crippen LogP contribution is 2.20. The van der Waals surface area contributed by atoms with E-state index >= 15 is 0 Å². The molecule has 1 N–H and O–H groups in total. The van der Waals surface area contributed by atoms with Gasteiger partial charge in [-0.05, 0) is 42.5 Å². The van der Waals surface area contributed by atoms with Crippen LogP contribution in [0.3, 0.4) is 0 Å². The molecule has 0 saturated heterocycles. The van der Waals surface area contributed by atoms with E-state index in [0.717, 1.165) is 15.8 Å². The molecule has 1 aliphatic rings. The normalized spacial score (nSPS) is 19.5. The van der Waals surface area contributed by atoms with Crippen molar-refractivity contribution in [3.05, 3.63) is 21.5 Å². The topological polar surface area (TPSA) is 34.0 Å². The molecule has 3 nitrogen and oxygen atoms in total. The van der Waals surface area contributed by atoms with Crippen LogP contribution in [0.1, 0.15) is 24.3 Å². The zero-order valence-corrected chi connectivity index (χ0v) is 9.75. The fraction of sp³-hybridized carbons (Fsp3) is 0.444. The first kappa shape index (κ1) is 9.05. The number of hydrogen-bond donors (Lipinski definition) is 1. The first-order valence-corrected chi connectivity index (χ1v) is 5.24. The van der Waals surface area contributed by atoms with Crippen LogP contribution in [0.5, 0.6) is 0 Å². The number of rotatable bonds is 0. The van der Waals surface area contributed by atoms with E-state index < -0.39 is 0 Å². The molecule has 1 aromatic rings. The molecule has 0 bridgehead atoms. The molecule has 2 heterocycles. The van der Waals surface area contributed by atoms with Gasteiger partial charge < -0.3 is 9.88 Å². The van der Waals surface area contributed by atoms with Gasteiger partial charge in [-0.3, -0.25) is 4.79 Å². The van der Waals surface area contributed by atoms with Crippen LogP contribution < -0.4 is 5.32 Å². The summed E-state index contributed by atoms with van der Waals surface area (Å²) in [4.78, 5) is 11.6. The minimum atomic E-state index is -0.133. The van der Waals surface area contributed by atoms with Crippen LogP contribution in [0, 0.1) is 3.57 Å². The second kappa shape index (κ2) is 2.73. The number of aromatic nitrogens is 1. The zero-order valence-electron chi connectivity index (χ0n) is 7.60. The fourth-order valence-electron chi connectivity index (χ4n) is 1.63. The number of fused-ring (bicyclic) bond motifs is 1. The summed E-state index contributed by atoms with van der Waals surface area (Å²) < 4.78 is 3.13. The summed E-state index contributed by atoms with van der Waals surface area (Å²) in [7, 11) is 0. The first-order chi connectivity index (χ1) is 5.98. The molecule has 0 saturated carbocycles. The summed E-state index contributed by atoms with van der Waals surface area (Å²) in [6.07, 6.45) is 2.01. The Labute approximate surface area is 90.6 Å². The molecular weight excluding hydrogens is 279 g/mol. The highest BCUT2D eigenvalue weighted by atomic mass is 127. The van der Waals surface area contributed by atoms with Gasteiger partial charge in [0.15, 0.2) is 0 Å². The maximum Gasteiger partial charge on any atom is 0.268 e. The van der Waals surface area contributed by atoms with E-state index in [2.05, 4.69) is 27.9 Å². The highest BCUT2D eigenvalue weighted by molar-refractivity contribution is 14.1. The summed E-state index contributed by atoms with van der Waals surface area (Å²) in [5, 5.41) is 2.96. The Balaban J connectivity index is 2.48. The van der Waals surface area contributed by atoms with Crippen molar-refractivity contribution in [1.29, 1.82) is 0 Å². The van der Waals surface area contributed by atoms with Gasteiger partial charge in [0.05, 0.1) is 5.54 Å². The van der Waals surface area contributed by atoms with E-state index in [1.54, 1.807) is 0 Å². The number of nitrogens with one attached hydrogen (secondary N) is 1. The van der Waals surface area contributed by atoms with E-state index in [4.69, 9.17) is 0 Å². The Kier molecular flexibility index (Phi) is 1.90. The Morgan fingerprint density at radius 3 is 3.00 bits per heavy atom. The maximum atomic E-state index is 11.6. The molecule has 0 radical (unpaired) electrons. The van der Waals surface area contributed by atoms with Crippen LogP contribution in [-0.4, -0.2) is 16.0 Å². The van der Waals surface area contributed by atoms with E-state index in [1.807, 2.05) is 30.7 Å². The average Bonchev–Trinajstić information content (AvgIpc) is 2.27. The van der Waals surface area contributed by atoms with E-state index in [0.29, 0.717) is 0 Å². The van der Waals surface area contributed by atoms with Crippen LogP contribution in [-0.2, 0) is 6.54 Å². The van der Waals surface area contributed by atoms with Gasteiger partial charge in [-0.2, -0.15) is 0 Å². The number of hydrogen-bond acceptors (Lipinski definition) is 1. The van der Waals surface area contributed by atoms with Crippen LogP contribution in [0.2, 0.25) is 0 Å². The lowest BCUT2D eigenvalue weighted by Crippen LogP contribution is -2.51. The molecule has 0 unspecified atom stereocenters. The standard InChI is InChI=1S/C9H11IN2O/c1-9(2)5-12-4-6(10)3-7(12)8(13)11-9/h3-4H,5H2,1-2H3,(H,11,13). The molecule has 0 fully saturated rings.